The molecule has 164 valence electrons. The number of hydrogen-bond donors (Lipinski definition) is 1. The van der Waals surface area contributed by atoms with Gasteiger partial charge in [-0.1, -0.05) is 6.92 Å². The second kappa shape index (κ2) is 8.66. The minimum atomic E-state index is -0.383. The lowest BCUT2D eigenvalue weighted by Gasteiger charge is -2.31. The first-order valence-corrected chi connectivity index (χ1v) is 10.2. The van der Waals surface area contributed by atoms with Crippen LogP contribution in [0.1, 0.15) is 19.8 Å². The van der Waals surface area contributed by atoms with Gasteiger partial charge in [0.25, 0.3) is 0 Å². The summed E-state index contributed by atoms with van der Waals surface area (Å²) in [7, 11) is 3.06. The Balaban J connectivity index is 1.56. The highest BCUT2D eigenvalue weighted by Crippen LogP contribution is 2.29. The summed E-state index contributed by atoms with van der Waals surface area (Å²) in [5.41, 5.74) is 0.607. The molecule has 0 unspecified atom stereocenters. The number of nitrogens with zero attached hydrogens (tertiary/aromatic N) is 5. The Morgan fingerprint density at radius 3 is 2.81 bits per heavy atom. The van der Waals surface area contributed by atoms with Gasteiger partial charge in [-0.15, -0.1) is 5.10 Å². The van der Waals surface area contributed by atoms with Crippen molar-refractivity contribution in [2.75, 3.05) is 37.5 Å². The maximum atomic E-state index is 12.8. The van der Waals surface area contributed by atoms with Gasteiger partial charge in [-0.2, -0.15) is 0 Å². The van der Waals surface area contributed by atoms with Crippen molar-refractivity contribution in [3.05, 3.63) is 41.1 Å². The Hall–Kier alpha value is -3.56. The third-order valence-electron chi connectivity index (χ3n) is 5.40. The average molecular weight is 426 g/mol. The number of aromatic nitrogens is 4. The van der Waals surface area contributed by atoms with Gasteiger partial charge in [0, 0.05) is 37.2 Å². The smallest absolute Gasteiger partial charge is 0.350 e. The molecule has 1 aliphatic rings. The number of hydrogen-bond acceptors (Lipinski definition) is 7. The summed E-state index contributed by atoms with van der Waals surface area (Å²) in [6.07, 6.45) is 5.42. The number of fused-ring (bicyclic) bond motifs is 1. The molecule has 0 saturated carbocycles. The van der Waals surface area contributed by atoms with Gasteiger partial charge in [0.05, 0.1) is 14.2 Å². The molecule has 10 nitrogen and oxygen atoms in total. The standard InChI is InChI=1S/C21H26N6O4/c1-14-5-4-9-25(12-14)19-20-24-27(21(29)26(20)10-8-22-19)13-18(28)23-15-6-7-16(30-2)17(11-15)31-3/h6-8,10-11,14H,4-5,9,12-13H2,1-3H3,(H,23,28)/t14-/m0/s1. The van der Waals surface area contributed by atoms with Crippen molar-refractivity contribution in [1.82, 2.24) is 19.2 Å². The quantitative estimate of drug-likeness (QED) is 0.641. The van der Waals surface area contributed by atoms with E-state index < -0.39 is 0 Å². The van der Waals surface area contributed by atoms with Crippen LogP contribution in [-0.2, 0) is 11.3 Å². The number of ether oxygens (including phenoxy) is 2. The van der Waals surface area contributed by atoms with Gasteiger partial charge in [0.1, 0.15) is 6.54 Å². The number of anilines is 2. The number of carbonyl (C=O) groups is 1. The van der Waals surface area contributed by atoms with E-state index in [-0.39, 0.29) is 18.1 Å². The van der Waals surface area contributed by atoms with Crippen molar-refractivity contribution in [2.45, 2.75) is 26.3 Å². The topological polar surface area (TPSA) is 103 Å². The van der Waals surface area contributed by atoms with E-state index in [0.29, 0.717) is 34.6 Å². The first-order valence-electron chi connectivity index (χ1n) is 10.2. The molecule has 1 fully saturated rings. The molecule has 1 N–H and O–H groups in total. The molecule has 0 aliphatic carbocycles. The monoisotopic (exact) mass is 426 g/mol. The number of piperidine rings is 1. The van der Waals surface area contributed by atoms with Crippen molar-refractivity contribution >= 4 is 23.1 Å². The van der Waals surface area contributed by atoms with Gasteiger partial charge in [-0.25, -0.2) is 18.9 Å². The van der Waals surface area contributed by atoms with Crippen LogP contribution in [0, 0.1) is 5.92 Å². The van der Waals surface area contributed by atoms with Crippen molar-refractivity contribution in [3.63, 3.8) is 0 Å². The summed E-state index contributed by atoms with van der Waals surface area (Å²) in [5, 5.41) is 7.17. The summed E-state index contributed by atoms with van der Waals surface area (Å²) in [6.45, 7) is 3.73. The zero-order valence-electron chi connectivity index (χ0n) is 17.9. The molecule has 0 bridgehead atoms. The van der Waals surface area contributed by atoms with Crippen molar-refractivity contribution in [3.8, 4) is 11.5 Å². The molecular formula is C21H26N6O4. The summed E-state index contributed by atoms with van der Waals surface area (Å²) >= 11 is 0. The molecule has 31 heavy (non-hydrogen) atoms. The van der Waals surface area contributed by atoms with Crippen molar-refractivity contribution in [1.29, 1.82) is 0 Å². The van der Waals surface area contributed by atoms with E-state index in [1.165, 1.54) is 17.9 Å². The van der Waals surface area contributed by atoms with E-state index in [2.05, 4.69) is 27.2 Å². The van der Waals surface area contributed by atoms with Gasteiger partial charge in [-0.05, 0) is 30.9 Å². The summed E-state index contributed by atoms with van der Waals surface area (Å²) in [6, 6.07) is 5.05. The number of carbonyl (C=O) groups excluding carboxylic acids is 1. The third kappa shape index (κ3) is 4.18. The molecule has 1 amide bonds. The minimum absolute atomic E-state index is 0.218. The molecule has 3 aromatic rings. The highest BCUT2D eigenvalue weighted by molar-refractivity contribution is 5.90. The molecule has 0 spiro atoms. The molecule has 2 aromatic heterocycles. The lowest BCUT2D eigenvalue weighted by molar-refractivity contribution is -0.117. The van der Waals surface area contributed by atoms with Gasteiger partial charge >= 0.3 is 5.69 Å². The van der Waals surface area contributed by atoms with Crippen LogP contribution in [0.4, 0.5) is 11.5 Å². The van der Waals surface area contributed by atoms with Crippen LogP contribution in [0.2, 0.25) is 0 Å². The second-order valence-corrected chi connectivity index (χ2v) is 7.70. The Morgan fingerprint density at radius 2 is 2.06 bits per heavy atom. The third-order valence-corrected chi connectivity index (χ3v) is 5.40. The van der Waals surface area contributed by atoms with E-state index in [9.17, 15) is 9.59 Å². The zero-order chi connectivity index (χ0) is 22.0. The second-order valence-electron chi connectivity index (χ2n) is 7.70. The summed E-state index contributed by atoms with van der Waals surface area (Å²) in [5.74, 6) is 1.90. The first-order chi connectivity index (χ1) is 15.0. The maximum absolute atomic E-state index is 12.8. The largest absolute Gasteiger partial charge is 0.493 e. The van der Waals surface area contributed by atoms with Crippen LogP contribution in [0.25, 0.3) is 5.65 Å². The Kier molecular flexibility index (Phi) is 5.79. The van der Waals surface area contributed by atoms with Gasteiger partial charge < -0.3 is 19.7 Å². The lowest BCUT2D eigenvalue weighted by atomic mass is 10.0. The molecule has 4 rings (SSSR count). The van der Waals surface area contributed by atoms with Crippen LogP contribution in [0.3, 0.4) is 0 Å². The fourth-order valence-electron chi connectivity index (χ4n) is 3.89. The Bertz CT molecular complexity index is 1150. The van der Waals surface area contributed by atoms with Crippen LogP contribution >= 0.6 is 0 Å². The zero-order valence-corrected chi connectivity index (χ0v) is 17.9. The molecule has 1 saturated heterocycles. The molecule has 1 aliphatic heterocycles. The number of methoxy groups -OCH3 is 2. The van der Waals surface area contributed by atoms with Crippen LogP contribution in [0.15, 0.2) is 35.4 Å². The van der Waals surface area contributed by atoms with Crippen molar-refractivity contribution < 1.29 is 14.3 Å². The molecule has 1 atom stereocenters. The van der Waals surface area contributed by atoms with Crippen LogP contribution in [-0.4, -0.2) is 52.4 Å². The van der Waals surface area contributed by atoms with Gasteiger partial charge in [0.15, 0.2) is 17.3 Å². The first kappa shape index (κ1) is 20.7. The average Bonchev–Trinajstić information content (AvgIpc) is 3.09. The van der Waals surface area contributed by atoms with E-state index in [0.717, 1.165) is 24.2 Å². The maximum Gasteiger partial charge on any atom is 0.350 e. The Labute approximate surface area is 179 Å². The molecule has 1 aromatic carbocycles. The molecule has 0 radical (unpaired) electrons. The van der Waals surface area contributed by atoms with E-state index >= 15 is 0 Å². The molecule has 10 heteroatoms. The predicted octanol–water partition coefficient (Wildman–Crippen LogP) is 1.78. The predicted molar refractivity (Wildman–Crippen MR) is 116 cm³/mol. The highest BCUT2D eigenvalue weighted by Gasteiger charge is 2.22. The Morgan fingerprint density at radius 1 is 1.26 bits per heavy atom. The molecular weight excluding hydrogens is 400 g/mol. The lowest BCUT2D eigenvalue weighted by Crippen LogP contribution is -2.35. The summed E-state index contributed by atoms with van der Waals surface area (Å²) in [4.78, 5) is 32.0. The van der Waals surface area contributed by atoms with Gasteiger partial charge in [0.2, 0.25) is 11.6 Å². The fourth-order valence-corrected chi connectivity index (χ4v) is 3.89. The highest BCUT2D eigenvalue weighted by atomic mass is 16.5. The number of amides is 1. The fraction of sp³-hybridized carbons (Fsp3) is 0.429. The van der Waals surface area contributed by atoms with E-state index in [4.69, 9.17) is 9.47 Å². The molecule has 3 heterocycles. The number of benzene rings is 1. The van der Waals surface area contributed by atoms with Crippen LogP contribution in [0.5, 0.6) is 11.5 Å². The van der Waals surface area contributed by atoms with E-state index in [1.54, 1.807) is 37.7 Å². The van der Waals surface area contributed by atoms with E-state index in [1.807, 2.05) is 0 Å². The normalized spacial score (nSPS) is 16.4. The number of rotatable bonds is 6. The summed E-state index contributed by atoms with van der Waals surface area (Å²) < 4.78 is 13.1. The van der Waals surface area contributed by atoms with Gasteiger partial charge in [-0.3, -0.25) is 4.79 Å². The SMILES string of the molecule is COc1ccc(NC(=O)Cn2nc3c(N4CCC[C@H](C)C4)nccn3c2=O)cc1OC. The van der Waals surface area contributed by atoms with Crippen molar-refractivity contribution in [2.24, 2.45) is 5.92 Å². The number of nitrogens with one attached hydrogen (secondary N) is 1. The van der Waals surface area contributed by atoms with Crippen LogP contribution < -0.4 is 25.4 Å². The minimum Gasteiger partial charge on any atom is -0.493 e.